The molecule has 5 rings (SSSR count). The number of carbonyl (C=O) groups is 1. The predicted molar refractivity (Wildman–Crippen MR) is 143 cm³/mol. The zero-order chi connectivity index (χ0) is 25.2. The third-order valence-corrected chi connectivity index (χ3v) is 8.08. The van der Waals surface area contributed by atoms with Crippen LogP contribution in [0.1, 0.15) is 34.1 Å². The molecule has 1 amide bonds. The highest BCUT2D eigenvalue weighted by Gasteiger charge is 2.22. The standard InChI is InChI=1S/C27H28ClN3O4S/c1-2-36(34)17-22-13-20-11-19(15-30-7-9-35-10-8-30)12-23-25(20)31(22)16-24(26(23)32)27(33)29-14-18-3-5-21(28)6-4-18/h3-6,11-13,16H,2,7-10,14-15,17H2,1H3,(H,29,33). The van der Waals surface area contributed by atoms with Crippen LogP contribution in [0.5, 0.6) is 0 Å². The Morgan fingerprint density at radius 1 is 1.14 bits per heavy atom. The second-order valence-corrected chi connectivity index (χ2v) is 11.2. The Balaban J connectivity index is 1.54. The normalized spacial score (nSPS) is 15.5. The van der Waals surface area contributed by atoms with E-state index in [1.807, 2.05) is 35.6 Å². The lowest BCUT2D eigenvalue weighted by molar-refractivity contribution is 0.0342. The van der Waals surface area contributed by atoms with Crippen molar-refractivity contribution in [1.82, 2.24) is 14.6 Å². The van der Waals surface area contributed by atoms with E-state index in [2.05, 4.69) is 16.3 Å². The molecule has 1 aliphatic heterocycles. The summed E-state index contributed by atoms with van der Waals surface area (Å²) in [5.41, 5.74) is 3.25. The Morgan fingerprint density at radius 3 is 2.61 bits per heavy atom. The second kappa shape index (κ2) is 10.8. The van der Waals surface area contributed by atoms with Crippen molar-refractivity contribution in [3.05, 3.63) is 86.3 Å². The summed E-state index contributed by atoms with van der Waals surface area (Å²) >= 11 is 4.91. The van der Waals surface area contributed by atoms with Gasteiger partial charge in [-0.1, -0.05) is 23.7 Å². The molecule has 9 heteroatoms. The van der Waals surface area contributed by atoms with E-state index in [4.69, 9.17) is 16.3 Å². The van der Waals surface area contributed by atoms with E-state index >= 15 is 0 Å². The fraction of sp³-hybridized carbons (Fsp3) is 0.333. The molecule has 1 unspecified atom stereocenters. The molecule has 1 fully saturated rings. The molecule has 1 N–H and O–H groups in total. The lowest BCUT2D eigenvalue weighted by Gasteiger charge is -2.26. The average Bonchev–Trinajstić information content (AvgIpc) is 3.22. The van der Waals surface area contributed by atoms with Crippen molar-refractivity contribution >= 4 is 45.0 Å². The molecule has 3 heterocycles. The van der Waals surface area contributed by atoms with Gasteiger partial charge in [0.25, 0.3) is 5.91 Å². The molecule has 1 aliphatic rings. The number of amides is 1. The van der Waals surface area contributed by atoms with Gasteiger partial charge in [0.05, 0.1) is 24.4 Å². The van der Waals surface area contributed by atoms with Crippen LogP contribution in [0, 0.1) is 0 Å². The number of pyridine rings is 1. The maximum Gasteiger partial charge on any atom is 0.257 e. The van der Waals surface area contributed by atoms with Gasteiger partial charge >= 0.3 is 0 Å². The van der Waals surface area contributed by atoms with Gasteiger partial charge in [-0.25, -0.2) is 0 Å². The first-order valence-corrected chi connectivity index (χ1v) is 13.9. The zero-order valence-corrected chi connectivity index (χ0v) is 21.7. The number of rotatable bonds is 8. The summed E-state index contributed by atoms with van der Waals surface area (Å²) in [4.78, 5) is 29.0. The lowest BCUT2D eigenvalue weighted by atomic mass is 10.0. The fourth-order valence-corrected chi connectivity index (χ4v) is 5.55. The van der Waals surface area contributed by atoms with Gasteiger partial charge in [-0.05, 0) is 59.6 Å². The molecule has 1 saturated heterocycles. The van der Waals surface area contributed by atoms with E-state index in [9.17, 15) is 14.1 Å². The quantitative estimate of drug-likeness (QED) is 0.355. The van der Waals surface area contributed by atoms with E-state index in [0.29, 0.717) is 41.7 Å². The van der Waals surface area contributed by atoms with Crippen LogP contribution in [-0.2, 0) is 34.8 Å². The molecule has 0 aliphatic carbocycles. The molecule has 0 bridgehead atoms. The molecule has 4 aromatic rings. The van der Waals surface area contributed by atoms with Crippen LogP contribution in [0.25, 0.3) is 16.3 Å². The maximum absolute atomic E-state index is 13.6. The van der Waals surface area contributed by atoms with Gasteiger partial charge in [-0.15, -0.1) is 0 Å². The minimum Gasteiger partial charge on any atom is -0.616 e. The van der Waals surface area contributed by atoms with Gasteiger partial charge in [0.2, 0.25) is 5.43 Å². The minimum absolute atomic E-state index is 0.0704. The van der Waals surface area contributed by atoms with Crippen LogP contribution >= 0.6 is 11.6 Å². The first-order chi connectivity index (χ1) is 17.4. The largest absolute Gasteiger partial charge is 0.616 e. The summed E-state index contributed by atoms with van der Waals surface area (Å²) in [5, 5.41) is 4.90. The van der Waals surface area contributed by atoms with E-state index in [0.717, 1.165) is 40.8 Å². The predicted octanol–water partition coefficient (Wildman–Crippen LogP) is 3.57. The summed E-state index contributed by atoms with van der Waals surface area (Å²) in [6.07, 6.45) is 1.60. The number of hydrogen-bond acceptors (Lipinski definition) is 5. The van der Waals surface area contributed by atoms with Crippen molar-refractivity contribution in [3.8, 4) is 0 Å². The van der Waals surface area contributed by atoms with Crippen LogP contribution in [0.4, 0.5) is 0 Å². The SMILES string of the molecule is CC[S+]([O-])Cc1cc2cc(CN3CCOCC3)cc3c(=O)c(C(=O)NCc4ccc(Cl)cc4)cn1c23. The minimum atomic E-state index is -1.04. The van der Waals surface area contributed by atoms with Crippen LogP contribution in [0.15, 0.2) is 53.5 Å². The Bertz CT molecular complexity index is 1430. The highest BCUT2D eigenvalue weighted by molar-refractivity contribution is 7.90. The molecule has 2 aromatic carbocycles. The van der Waals surface area contributed by atoms with E-state index in [1.54, 1.807) is 18.3 Å². The first-order valence-electron chi connectivity index (χ1n) is 12.0. The number of ether oxygens (including phenoxy) is 1. The Morgan fingerprint density at radius 2 is 1.89 bits per heavy atom. The number of aromatic nitrogens is 1. The van der Waals surface area contributed by atoms with Gasteiger partial charge in [-0.3, -0.25) is 14.5 Å². The molecular formula is C27H28ClN3O4S. The topological polar surface area (TPSA) is 86.1 Å². The van der Waals surface area contributed by atoms with Gasteiger partial charge in [0.15, 0.2) is 0 Å². The number of halogens is 1. The van der Waals surface area contributed by atoms with Crippen molar-refractivity contribution in [2.24, 2.45) is 0 Å². The summed E-state index contributed by atoms with van der Waals surface area (Å²) in [5.74, 6) is 0.449. The van der Waals surface area contributed by atoms with Gasteiger partial charge in [0.1, 0.15) is 17.1 Å². The number of benzene rings is 2. The molecule has 0 radical (unpaired) electrons. The first kappa shape index (κ1) is 25.0. The van der Waals surface area contributed by atoms with Crippen molar-refractivity contribution in [1.29, 1.82) is 0 Å². The Hall–Kier alpha value is -2.62. The summed E-state index contributed by atoms with van der Waals surface area (Å²) in [6, 6.07) is 13.2. The number of nitrogens with zero attached hydrogens (tertiary/aromatic N) is 2. The summed E-state index contributed by atoms with van der Waals surface area (Å²) in [7, 11) is 0. The molecule has 1 atom stereocenters. The number of carbonyl (C=O) groups excluding carboxylic acids is 1. The molecule has 2 aromatic heterocycles. The van der Waals surface area contributed by atoms with Gasteiger partial charge in [-0.2, -0.15) is 0 Å². The van der Waals surface area contributed by atoms with Crippen LogP contribution in [-0.4, -0.2) is 51.8 Å². The van der Waals surface area contributed by atoms with E-state index in [-0.39, 0.29) is 17.5 Å². The van der Waals surface area contributed by atoms with Gasteiger partial charge < -0.3 is 19.0 Å². The molecule has 0 spiro atoms. The maximum atomic E-state index is 13.6. The van der Waals surface area contributed by atoms with Crippen LogP contribution in [0.3, 0.4) is 0 Å². The zero-order valence-electron chi connectivity index (χ0n) is 20.1. The number of morpholine rings is 1. The monoisotopic (exact) mass is 525 g/mol. The summed E-state index contributed by atoms with van der Waals surface area (Å²) in [6.45, 7) is 5.91. The highest BCUT2D eigenvalue weighted by Crippen LogP contribution is 2.27. The van der Waals surface area contributed by atoms with E-state index < -0.39 is 17.1 Å². The molecular weight excluding hydrogens is 498 g/mol. The Labute approximate surface area is 217 Å². The third-order valence-electron chi connectivity index (χ3n) is 6.57. The molecule has 36 heavy (non-hydrogen) atoms. The van der Waals surface area contributed by atoms with Crippen molar-refractivity contribution < 1.29 is 14.1 Å². The lowest BCUT2D eigenvalue weighted by Crippen LogP contribution is -2.35. The fourth-order valence-electron chi connectivity index (χ4n) is 4.67. The number of hydrogen-bond donors (Lipinski definition) is 1. The average molecular weight is 526 g/mol. The Kier molecular flexibility index (Phi) is 7.50. The van der Waals surface area contributed by atoms with Crippen LogP contribution < -0.4 is 10.7 Å². The smallest absolute Gasteiger partial charge is 0.257 e. The summed E-state index contributed by atoms with van der Waals surface area (Å²) < 4.78 is 19.8. The van der Waals surface area contributed by atoms with Crippen molar-refractivity contribution in [2.75, 3.05) is 32.1 Å². The van der Waals surface area contributed by atoms with Gasteiger partial charge in [0, 0.05) is 48.2 Å². The van der Waals surface area contributed by atoms with Crippen molar-refractivity contribution in [2.45, 2.75) is 25.8 Å². The molecule has 7 nitrogen and oxygen atoms in total. The highest BCUT2D eigenvalue weighted by atomic mass is 35.5. The molecule has 188 valence electrons. The van der Waals surface area contributed by atoms with Crippen molar-refractivity contribution in [3.63, 3.8) is 0 Å². The van der Waals surface area contributed by atoms with Crippen LogP contribution in [0.2, 0.25) is 5.02 Å². The second-order valence-electron chi connectivity index (χ2n) is 9.03. The molecule has 0 saturated carbocycles. The van der Waals surface area contributed by atoms with E-state index in [1.165, 1.54) is 0 Å². The third kappa shape index (κ3) is 5.23. The number of nitrogens with one attached hydrogen (secondary N) is 1.